The van der Waals surface area contributed by atoms with E-state index in [9.17, 15) is 23.9 Å². The second-order valence-corrected chi connectivity index (χ2v) is 8.86. The smallest absolute Gasteiger partial charge is 0.408 e. The summed E-state index contributed by atoms with van der Waals surface area (Å²) in [6.07, 6.45) is -0.398. The van der Waals surface area contributed by atoms with Crippen LogP contribution in [0.2, 0.25) is 0 Å². The second-order valence-electron chi connectivity index (χ2n) is 8.05. The summed E-state index contributed by atoms with van der Waals surface area (Å²) in [6.45, 7) is 6.22. The molecule has 1 unspecified atom stereocenters. The van der Waals surface area contributed by atoms with Gasteiger partial charge in [-0.3, -0.25) is 19.9 Å². The van der Waals surface area contributed by atoms with Crippen LogP contribution in [0.5, 0.6) is 0 Å². The molecule has 0 aliphatic rings. The first-order valence-electron chi connectivity index (χ1n) is 9.35. The molecule has 1 aromatic heterocycles. The summed E-state index contributed by atoms with van der Waals surface area (Å²) in [5.41, 5.74) is 2.46. The molecule has 2 amide bonds. The number of carbonyl (C=O) groups is 3. The monoisotopic (exact) mass is 494 g/mol. The number of pyridine rings is 1. The normalized spacial score (nSPS) is 13.2. The number of ketones is 1. The van der Waals surface area contributed by atoms with E-state index in [2.05, 4.69) is 31.8 Å². The Hall–Kier alpha value is -2.85. The molecule has 8 nitrogen and oxygen atoms in total. The van der Waals surface area contributed by atoms with Crippen molar-refractivity contribution in [1.29, 1.82) is 0 Å². The Morgan fingerprint density at radius 3 is 2.32 bits per heavy atom. The van der Waals surface area contributed by atoms with Gasteiger partial charge in [0.15, 0.2) is 11.6 Å². The van der Waals surface area contributed by atoms with Crippen molar-refractivity contribution in [2.75, 3.05) is 6.54 Å². The van der Waals surface area contributed by atoms with Gasteiger partial charge in [0.1, 0.15) is 10.1 Å². The third-order valence-corrected chi connectivity index (χ3v) is 5.02. The molecule has 31 heavy (non-hydrogen) atoms. The quantitative estimate of drug-likeness (QED) is 0.307. The van der Waals surface area contributed by atoms with E-state index in [1.54, 1.807) is 51.1 Å². The lowest BCUT2D eigenvalue weighted by molar-refractivity contribution is 0.0219. The minimum atomic E-state index is -1.59. The van der Waals surface area contributed by atoms with Crippen LogP contribution in [0.3, 0.4) is 0 Å². The molecule has 1 aromatic carbocycles. The zero-order chi connectivity index (χ0) is 23.4. The van der Waals surface area contributed by atoms with Crippen molar-refractivity contribution in [3.63, 3.8) is 0 Å². The summed E-state index contributed by atoms with van der Waals surface area (Å²) in [4.78, 5) is 42.6. The highest BCUT2D eigenvalue weighted by Crippen LogP contribution is 2.29. The van der Waals surface area contributed by atoms with Crippen molar-refractivity contribution in [3.05, 3.63) is 64.1 Å². The van der Waals surface area contributed by atoms with Crippen molar-refractivity contribution < 1.29 is 23.9 Å². The third-order valence-electron chi connectivity index (χ3n) is 4.58. The van der Waals surface area contributed by atoms with Crippen LogP contribution in [-0.2, 0) is 0 Å². The van der Waals surface area contributed by atoms with Crippen LogP contribution in [-0.4, -0.2) is 50.4 Å². The van der Waals surface area contributed by atoms with Gasteiger partial charge in [-0.2, -0.15) is 0 Å². The van der Waals surface area contributed by atoms with Crippen LogP contribution in [0.1, 0.15) is 48.4 Å². The number of halogens is 2. The Morgan fingerprint density at radius 2 is 1.77 bits per heavy atom. The van der Waals surface area contributed by atoms with Crippen molar-refractivity contribution in [2.24, 2.45) is 0 Å². The maximum atomic E-state index is 13.9. The van der Waals surface area contributed by atoms with E-state index in [4.69, 9.17) is 0 Å². The van der Waals surface area contributed by atoms with Crippen molar-refractivity contribution in [1.82, 2.24) is 20.7 Å². The Balaban J connectivity index is 2.33. The number of carboxylic acid groups (broad SMARTS) is 1. The standard InChI is InChI=1S/C21H24BrFN4O4/c1-20(2,3)27(19(30)31)21(4,17(28)13-8-6-5-7-9-13)12-25-26-18(29)14-10-16(22)24-11-15(14)23/h5-11,25H,12H2,1-4H3,(H,26,29)(H,30,31). The molecule has 0 spiro atoms. The number of rotatable bonds is 7. The molecule has 0 aliphatic heterocycles. The zero-order valence-corrected chi connectivity index (χ0v) is 19.2. The molecule has 1 atom stereocenters. The first-order valence-corrected chi connectivity index (χ1v) is 10.1. The van der Waals surface area contributed by atoms with Gasteiger partial charge < -0.3 is 5.11 Å². The molecular weight excluding hydrogens is 471 g/mol. The Kier molecular flexibility index (Phi) is 7.50. The minimum absolute atomic E-state index is 0.260. The number of hydrogen-bond donors (Lipinski definition) is 3. The van der Waals surface area contributed by atoms with Crippen LogP contribution in [0.15, 0.2) is 47.2 Å². The lowest BCUT2D eigenvalue weighted by Crippen LogP contribution is -2.66. The predicted octanol–water partition coefficient (Wildman–Crippen LogP) is 3.64. The van der Waals surface area contributed by atoms with Gasteiger partial charge in [-0.05, 0) is 49.7 Å². The number of benzene rings is 1. The Bertz CT molecular complexity index is 981. The van der Waals surface area contributed by atoms with Crippen LogP contribution in [0.4, 0.5) is 9.18 Å². The molecule has 0 saturated carbocycles. The van der Waals surface area contributed by atoms with E-state index in [-0.39, 0.29) is 16.7 Å². The number of hydrazine groups is 1. The van der Waals surface area contributed by atoms with Crippen LogP contribution in [0, 0.1) is 5.82 Å². The molecule has 10 heteroatoms. The maximum absolute atomic E-state index is 13.9. The van der Waals surface area contributed by atoms with Gasteiger partial charge in [-0.25, -0.2) is 19.6 Å². The molecule has 0 bridgehead atoms. The van der Waals surface area contributed by atoms with Crippen LogP contribution >= 0.6 is 15.9 Å². The molecule has 3 N–H and O–H groups in total. The second kappa shape index (κ2) is 9.52. The van der Waals surface area contributed by atoms with E-state index in [1.807, 2.05) is 0 Å². The first-order chi connectivity index (χ1) is 14.4. The zero-order valence-electron chi connectivity index (χ0n) is 17.6. The minimum Gasteiger partial charge on any atom is -0.465 e. The summed E-state index contributed by atoms with van der Waals surface area (Å²) in [5.74, 6) is -2.08. The van der Waals surface area contributed by atoms with Crippen molar-refractivity contribution in [2.45, 2.75) is 38.8 Å². The highest BCUT2D eigenvalue weighted by atomic mass is 79.9. The van der Waals surface area contributed by atoms with Crippen molar-refractivity contribution in [3.8, 4) is 0 Å². The number of nitrogens with one attached hydrogen (secondary N) is 2. The molecular formula is C21H24BrFN4O4. The highest BCUT2D eigenvalue weighted by molar-refractivity contribution is 9.10. The predicted molar refractivity (Wildman–Crippen MR) is 116 cm³/mol. The van der Waals surface area contributed by atoms with Gasteiger partial charge >= 0.3 is 6.09 Å². The van der Waals surface area contributed by atoms with E-state index in [1.165, 1.54) is 13.0 Å². The van der Waals surface area contributed by atoms with E-state index < -0.39 is 34.7 Å². The lowest BCUT2D eigenvalue weighted by Gasteiger charge is -2.46. The number of aromatic nitrogens is 1. The van der Waals surface area contributed by atoms with E-state index in [0.29, 0.717) is 5.56 Å². The average molecular weight is 495 g/mol. The highest BCUT2D eigenvalue weighted by Gasteiger charge is 2.47. The number of nitrogens with zero attached hydrogens (tertiary/aromatic N) is 2. The molecule has 2 rings (SSSR count). The summed E-state index contributed by atoms with van der Waals surface area (Å²) >= 11 is 3.07. The van der Waals surface area contributed by atoms with Crippen molar-refractivity contribution >= 4 is 33.7 Å². The molecule has 0 radical (unpaired) electrons. The largest absolute Gasteiger partial charge is 0.465 e. The van der Waals surface area contributed by atoms with E-state index in [0.717, 1.165) is 11.1 Å². The molecule has 166 valence electrons. The van der Waals surface area contributed by atoms with Gasteiger partial charge in [-0.1, -0.05) is 30.3 Å². The van der Waals surface area contributed by atoms with E-state index >= 15 is 0 Å². The van der Waals surface area contributed by atoms with Gasteiger partial charge in [0.25, 0.3) is 5.91 Å². The molecule has 0 saturated heterocycles. The molecule has 1 heterocycles. The fraction of sp³-hybridized carbons (Fsp3) is 0.333. The van der Waals surface area contributed by atoms with Crippen LogP contribution in [0.25, 0.3) is 0 Å². The Morgan fingerprint density at radius 1 is 1.16 bits per heavy atom. The van der Waals surface area contributed by atoms with Gasteiger partial charge in [0.2, 0.25) is 0 Å². The molecule has 0 aliphatic carbocycles. The first kappa shape index (κ1) is 24.4. The SMILES string of the molecule is CC(C)(C)N(C(=O)O)C(C)(CNNC(=O)c1cc(Br)ncc1F)C(=O)c1ccccc1. The fourth-order valence-corrected chi connectivity index (χ4v) is 3.68. The van der Waals surface area contributed by atoms with Gasteiger partial charge in [0.05, 0.1) is 11.8 Å². The summed E-state index contributed by atoms with van der Waals surface area (Å²) in [5, 5.41) is 9.89. The molecule has 2 aromatic rings. The molecule has 0 fully saturated rings. The summed E-state index contributed by atoms with van der Waals surface area (Å²) in [6, 6.07) is 9.48. The summed E-state index contributed by atoms with van der Waals surface area (Å²) < 4.78 is 14.2. The van der Waals surface area contributed by atoms with Gasteiger partial charge in [0, 0.05) is 17.6 Å². The number of carbonyl (C=O) groups excluding carboxylic acids is 2. The van der Waals surface area contributed by atoms with Crippen LogP contribution < -0.4 is 10.9 Å². The maximum Gasteiger partial charge on any atom is 0.408 e. The summed E-state index contributed by atoms with van der Waals surface area (Å²) in [7, 11) is 0. The fourth-order valence-electron chi connectivity index (χ4n) is 3.35. The lowest BCUT2D eigenvalue weighted by atomic mass is 9.85. The van der Waals surface area contributed by atoms with Gasteiger partial charge in [-0.15, -0.1) is 0 Å². The average Bonchev–Trinajstić information content (AvgIpc) is 2.68. The topological polar surface area (TPSA) is 112 Å². The number of Topliss-reactive ketones (excluding diaryl/α,β-unsaturated/α-hetero) is 1. The Labute approximate surface area is 187 Å². The number of hydrogen-bond acceptors (Lipinski definition) is 5. The third kappa shape index (κ3) is 5.65. The number of amides is 2.